The van der Waals surface area contributed by atoms with Crippen LogP contribution < -0.4 is 10.1 Å². The molecule has 1 heterocycles. The second kappa shape index (κ2) is 6.69. The molecule has 0 spiro atoms. The van der Waals surface area contributed by atoms with E-state index in [0.29, 0.717) is 18.7 Å². The number of nitrogens with one attached hydrogen (secondary N) is 1. The van der Waals surface area contributed by atoms with Gasteiger partial charge < -0.3 is 10.1 Å². The summed E-state index contributed by atoms with van der Waals surface area (Å²) < 4.78 is 5.23. The number of pyridine rings is 1. The van der Waals surface area contributed by atoms with Crippen molar-refractivity contribution in [2.75, 3.05) is 7.11 Å². The van der Waals surface area contributed by atoms with Crippen LogP contribution >= 0.6 is 0 Å². The molecule has 0 saturated carbocycles. The first-order chi connectivity index (χ1) is 9.71. The Morgan fingerprint density at radius 1 is 1.25 bits per heavy atom. The Morgan fingerprint density at radius 2 is 2.10 bits per heavy atom. The van der Waals surface area contributed by atoms with Gasteiger partial charge in [0.1, 0.15) is 5.75 Å². The van der Waals surface area contributed by atoms with Gasteiger partial charge in [0.2, 0.25) is 0 Å². The Labute approximate surface area is 119 Å². The number of hydrogen-bond acceptors (Lipinski definition) is 4. The highest BCUT2D eigenvalue weighted by Crippen LogP contribution is 2.13. The van der Waals surface area contributed by atoms with Gasteiger partial charge in [-0.1, -0.05) is 12.1 Å². The van der Waals surface area contributed by atoms with Crippen molar-refractivity contribution in [2.24, 2.45) is 0 Å². The SMILES string of the molecule is COc1cc(C)nc(CNCc2cccc(C#N)c2)c1. The van der Waals surface area contributed by atoms with Gasteiger partial charge in [-0.3, -0.25) is 4.98 Å². The topological polar surface area (TPSA) is 57.9 Å². The number of rotatable bonds is 5. The van der Waals surface area contributed by atoms with Crippen LogP contribution in [0, 0.1) is 18.3 Å². The number of hydrogen-bond donors (Lipinski definition) is 1. The summed E-state index contributed by atoms with van der Waals surface area (Å²) in [7, 11) is 1.65. The summed E-state index contributed by atoms with van der Waals surface area (Å²) >= 11 is 0. The maximum atomic E-state index is 8.86. The van der Waals surface area contributed by atoms with Crippen LogP contribution in [-0.2, 0) is 13.1 Å². The molecule has 2 rings (SSSR count). The zero-order valence-corrected chi connectivity index (χ0v) is 11.7. The Kier molecular flexibility index (Phi) is 4.70. The van der Waals surface area contributed by atoms with Gasteiger partial charge in [-0.2, -0.15) is 5.26 Å². The number of methoxy groups -OCH3 is 1. The van der Waals surface area contributed by atoms with Crippen LogP contribution in [0.2, 0.25) is 0 Å². The lowest BCUT2D eigenvalue weighted by atomic mass is 10.1. The van der Waals surface area contributed by atoms with Gasteiger partial charge in [0, 0.05) is 30.9 Å². The maximum absolute atomic E-state index is 8.86. The predicted molar refractivity (Wildman–Crippen MR) is 77.2 cm³/mol. The van der Waals surface area contributed by atoms with Crippen LogP contribution in [0.25, 0.3) is 0 Å². The molecule has 0 unspecified atom stereocenters. The lowest BCUT2D eigenvalue weighted by Gasteiger charge is -2.08. The first-order valence-electron chi connectivity index (χ1n) is 6.42. The normalized spacial score (nSPS) is 10.1. The molecular formula is C16H17N3O. The number of nitriles is 1. The highest BCUT2D eigenvalue weighted by molar-refractivity contribution is 5.32. The minimum Gasteiger partial charge on any atom is -0.497 e. The van der Waals surface area contributed by atoms with E-state index >= 15 is 0 Å². The Hall–Kier alpha value is -2.38. The Bertz CT molecular complexity index is 632. The monoisotopic (exact) mass is 267 g/mol. The van der Waals surface area contributed by atoms with E-state index in [4.69, 9.17) is 10.00 Å². The molecule has 20 heavy (non-hydrogen) atoms. The highest BCUT2D eigenvalue weighted by Gasteiger charge is 2.01. The smallest absolute Gasteiger partial charge is 0.122 e. The molecule has 1 N–H and O–H groups in total. The number of ether oxygens (including phenoxy) is 1. The third kappa shape index (κ3) is 3.81. The van der Waals surface area contributed by atoms with Crippen molar-refractivity contribution in [3.63, 3.8) is 0 Å². The van der Waals surface area contributed by atoms with Gasteiger partial charge in [-0.25, -0.2) is 0 Å². The van der Waals surface area contributed by atoms with Crippen LogP contribution in [0.1, 0.15) is 22.5 Å². The van der Waals surface area contributed by atoms with Crippen LogP contribution in [0.15, 0.2) is 36.4 Å². The average molecular weight is 267 g/mol. The molecule has 0 fully saturated rings. The summed E-state index contributed by atoms with van der Waals surface area (Å²) in [5.74, 6) is 0.820. The summed E-state index contributed by atoms with van der Waals surface area (Å²) in [5.41, 5.74) is 3.65. The molecule has 0 amide bonds. The molecule has 2 aromatic rings. The molecule has 0 aliphatic carbocycles. The van der Waals surface area contributed by atoms with E-state index in [1.54, 1.807) is 13.2 Å². The van der Waals surface area contributed by atoms with Gasteiger partial charge in [0.05, 0.1) is 24.4 Å². The van der Waals surface area contributed by atoms with E-state index in [1.165, 1.54) is 0 Å². The quantitative estimate of drug-likeness (QED) is 0.904. The van der Waals surface area contributed by atoms with Crippen molar-refractivity contribution >= 4 is 0 Å². The molecule has 1 aromatic carbocycles. The average Bonchev–Trinajstić information content (AvgIpc) is 2.47. The minimum absolute atomic E-state index is 0.662. The second-order valence-electron chi connectivity index (χ2n) is 4.56. The molecule has 4 nitrogen and oxygen atoms in total. The Balaban J connectivity index is 1.95. The van der Waals surface area contributed by atoms with Crippen molar-refractivity contribution in [3.05, 3.63) is 58.9 Å². The zero-order valence-electron chi connectivity index (χ0n) is 11.7. The lowest BCUT2D eigenvalue weighted by Crippen LogP contribution is -2.14. The summed E-state index contributed by atoms with van der Waals surface area (Å²) in [6.45, 7) is 3.31. The fraction of sp³-hybridized carbons (Fsp3) is 0.250. The maximum Gasteiger partial charge on any atom is 0.122 e. The summed E-state index contributed by atoms with van der Waals surface area (Å²) in [6.07, 6.45) is 0. The van der Waals surface area contributed by atoms with E-state index in [1.807, 2.05) is 37.3 Å². The molecule has 0 radical (unpaired) electrons. The molecule has 1 aromatic heterocycles. The van der Waals surface area contributed by atoms with Crippen LogP contribution in [-0.4, -0.2) is 12.1 Å². The van der Waals surface area contributed by atoms with Crippen LogP contribution in [0.4, 0.5) is 0 Å². The van der Waals surface area contributed by atoms with Gasteiger partial charge in [0.25, 0.3) is 0 Å². The van der Waals surface area contributed by atoms with Gasteiger partial charge in [-0.15, -0.1) is 0 Å². The first-order valence-corrected chi connectivity index (χ1v) is 6.42. The van der Waals surface area contributed by atoms with E-state index in [2.05, 4.69) is 16.4 Å². The Morgan fingerprint density at radius 3 is 2.85 bits per heavy atom. The van der Waals surface area contributed by atoms with Crippen molar-refractivity contribution in [2.45, 2.75) is 20.0 Å². The highest BCUT2D eigenvalue weighted by atomic mass is 16.5. The zero-order chi connectivity index (χ0) is 14.4. The molecule has 0 aliphatic heterocycles. The molecule has 4 heteroatoms. The van der Waals surface area contributed by atoms with Gasteiger partial charge >= 0.3 is 0 Å². The van der Waals surface area contributed by atoms with Gasteiger partial charge in [-0.05, 0) is 24.6 Å². The molecule has 0 bridgehead atoms. The number of aryl methyl sites for hydroxylation is 1. The van der Waals surface area contributed by atoms with E-state index in [-0.39, 0.29) is 0 Å². The number of aromatic nitrogens is 1. The van der Waals surface area contributed by atoms with E-state index in [9.17, 15) is 0 Å². The fourth-order valence-corrected chi connectivity index (χ4v) is 2.00. The van der Waals surface area contributed by atoms with Crippen LogP contribution in [0.3, 0.4) is 0 Å². The minimum atomic E-state index is 0.662. The molecule has 0 atom stereocenters. The standard InChI is InChI=1S/C16H17N3O/c1-12-6-16(20-2)8-15(19-12)11-18-10-14-5-3-4-13(7-14)9-17/h3-8,18H,10-11H2,1-2H3. The fourth-order valence-electron chi connectivity index (χ4n) is 2.00. The first kappa shape index (κ1) is 14.0. The summed E-state index contributed by atoms with van der Waals surface area (Å²) in [4.78, 5) is 4.45. The molecular weight excluding hydrogens is 250 g/mol. The molecule has 0 saturated heterocycles. The van der Waals surface area contributed by atoms with Crippen molar-refractivity contribution in [1.29, 1.82) is 5.26 Å². The van der Waals surface area contributed by atoms with E-state index in [0.717, 1.165) is 22.7 Å². The predicted octanol–water partition coefficient (Wildman–Crippen LogP) is 2.56. The van der Waals surface area contributed by atoms with Crippen molar-refractivity contribution in [1.82, 2.24) is 10.3 Å². The molecule has 0 aliphatic rings. The van der Waals surface area contributed by atoms with Crippen LogP contribution in [0.5, 0.6) is 5.75 Å². The third-order valence-corrected chi connectivity index (χ3v) is 2.91. The second-order valence-corrected chi connectivity index (χ2v) is 4.56. The molecule has 102 valence electrons. The summed E-state index contributed by atoms with van der Waals surface area (Å²) in [6, 6.07) is 13.5. The van der Waals surface area contributed by atoms with Gasteiger partial charge in [0.15, 0.2) is 0 Å². The number of nitrogens with zero attached hydrogens (tertiary/aromatic N) is 2. The largest absolute Gasteiger partial charge is 0.497 e. The number of benzene rings is 1. The van der Waals surface area contributed by atoms with E-state index < -0.39 is 0 Å². The van der Waals surface area contributed by atoms with Crippen molar-refractivity contribution in [3.8, 4) is 11.8 Å². The summed E-state index contributed by atoms with van der Waals surface area (Å²) in [5, 5.41) is 12.2. The lowest BCUT2D eigenvalue weighted by molar-refractivity contribution is 0.412. The van der Waals surface area contributed by atoms with Crippen molar-refractivity contribution < 1.29 is 4.74 Å². The third-order valence-electron chi connectivity index (χ3n) is 2.91.